The van der Waals surface area contributed by atoms with Gasteiger partial charge in [0.25, 0.3) is 0 Å². The molecule has 474 valence electrons. The molecule has 0 heterocycles. The molecule has 0 bridgehead atoms. The summed E-state index contributed by atoms with van der Waals surface area (Å²) >= 11 is 0. The summed E-state index contributed by atoms with van der Waals surface area (Å²) in [6.45, 7) is 6.67. The number of rotatable bonds is 67. The fourth-order valence-corrected chi connectivity index (χ4v) is 10.9. The molecule has 0 radical (unpaired) electrons. The molecule has 0 aliphatic rings. The minimum Gasteiger partial charge on any atom is -0.462 e. The monoisotopic (exact) mass is 1140 g/mol. The predicted octanol–water partition coefficient (Wildman–Crippen LogP) is 24.9. The van der Waals surface area contributed by atoms with E-state index in [0.29, 0.717) is 19.3 Å². The van der Waals surface area contributed by atoms with Crippen LogP contribution < -0.4 is 0 Å². The lowest BCUT2D eigenvalue weighted by atomic mass is 10.0. The summed E-state index contributed by atoms with van der Waals surface area (Å²) in [4.78, 5) is 38.4. The molecule has 0 aliphatic carbocycles. The van der Waals surface area contributed by atoms with Crippen molar-refractivity contribution in [1.82, 2.24) is 0 Å². The van der Waals surface area contributed by atoms with Crippen molar-refractivity contribution in [3.05, 3.63) is 48.6 Å². The first-order valence-corrected chi connectivity index (χ1v) is 36.1. The zero-order valence-corrected chi connectivity index (χ0v) is 54.6. The van der Waals surface area contributed by atoms with Gasteiger partial charge < -0.3 is 14.2 Å². The Labute approximate surface area is 505 Å². The molecule has 0 spiro atoms. The van der Waals surface area contributed by atoms with Crippen molar-refractivity contribution in [2.75, 3.05) is 13.2 Å². The van der Waals surface area contributed by atoms with E-state index < -0.39 is 6.10 Å². The Kier molecular flexibility index (Phi) is 67.6. The molecule has 1 atom stereocenters. The largest absolute Gasteiger partial charge is 0.462 e. The smallest absolute Gasteiger partial charge is 0.306 e. The third-order valence-corrected chi connectivity index (χ3v) is 16.3. The molecule has 0 N–H and O–H groups in total. The topological polar surface area (TPSA) is 78.9 Å². The fraction of sp³-hybridized carbons (Fsp3) is 0.853. The number of hydrogen-bond acceptors (Lipinski definition) is 6. The molecule has 0 aliphatic heterocycles. The molecule has 0 amide bonds. The van der Waals surface area contributed by atoms with Crippen LogP contribution in [0.1, 0.15) is 393 Å². The molecule has 0 rings (SSSR count). The maximum absolute atomic E-state index is 12.9. The van der Waals surface area contributed by atoms with Crippen LogP contribution in [0.15, 0.2) is 48.6 Å². The highest BCUT2D eigenvalue weighted by atomic mass is 16.6. The highest BCUT2D eigenvalue weighted by Gasteiger charge is 2.19. The molecule has 81 heavy (non-hydrogen) atoms. The molecule has 0 aromatic carbocycles. The minimum atomic E-state index is -0.779. The predicted molar refractivity (Wildman–Crippen MR) is 353 cm³/mol. The Hall–Kier alpha value is -2.63. The first-order valence-electron chi connectivity index (χ1n) is 36.1. The summed E-state index contributed by atoms with van der Waals surface area (Å²) in [5.41, 5.74) is 0. The van der Waals surface area contributed by atoms with E-state index in [9.17, 15) is 14.4 Å². The highest BCUT2D eigenvalue weighted by Crippen LogP contribution is 2.18. The van der Waals surface area contributed by atoms with E-state index in [4.69, 9.17) is 14.2 Å². The zero-order chi connectivity index (χ0) is 58.5. The second-order valence-electron chi connectivity index (χ2n) is 24.5. The summed E-state index contributed by atoms with van der Waals surface area (Å²) in [7, 11) is 0. The van der Waals surface area contributed by atoms with Gasteiger partial charge in [0.1, 0.15) is 13.2 Å². The second-order valence-corrected chi connectivity index (χ2v) is 24.5. The Bertz CT molecular complexity index is 1400. The van der Waals surface area contributed by atoms with Crippen molar-refractivity contribution >= 4 is 17.9 Å². The second kappa shape index (κ2) is 69.9. The first-order chi connectivity index (χ1) is 40.0. The van der Waals surface area contributed by atoms with Crippen LogP contribution in [0.5, 0.6) is 0 Å². The van der Waals surface area contributed by atoms with Crippen molar-refractivity contribution in [2.24, 2.45) is 0 Å². The van der Waals surface area contributed by atoms with Crippen LogP contribution in [-0.4, -0.2) is 37.2 Å². The van der Waals surface area contributed by atoms with E-state index in [1.807, 2.05) is 0 Å². The van der Waals surface area contributed by atoms with Crippen molar-refractivity contribution in [3.8, 4) is 0 Å². The zero-order valence-electron chi connectivity index (χ0n) is 54.6. The van der Waals surface area contributed by atoms with E-state index in [2.05, 4.69) is 69.4 Å². The highest BCUT2D eigenvalue weighted by molar-refractivity contribution is 5.71. The van der Waals surface area contributed by atoms with E-state index >= 15 is 0 Å². The molecular formula is C75H138O6. The Morgan fingerprint density at radius 3 is 0.728 bits per heavy atom. The maximum Gasteiger partial charge on any atom is 0.306 e. The maximum atomic E-state index is 12.9. The van der Waals surface area contributed by atoms with Gasteiger partial charge in [0.2, 0.25) is 0 Å². The normalized spacial score (nSPS) is 12.3. The lowest BCUT2D eigenvalue weighted by Gasteiger charge is -2.18. The fourth-order valence-electron chi connectivity index (χ4n) is 10.9. The average molecular weight is 1140 g/mol. The molecule has 0 fully saturated rings. The molecule has 0 saturated heterocycles. The van der Waals surface area contributed by atoms with Crippen LogP contribution in [0, 0.1) is 0 Å². The van der Waals surface area contributed by atoms with Crippen LogP contribution >= 0.6 is 0 Å². The quantitative estimate of drug-likeness (QED) is 0.0261. The lowest BCUT2D eigenvalue weighted by molar-refractivity contribution is -0.167. The van der Waals surface area contributed by atoms with Crippen LogP contribution in [-0.2, 0) is 28.6 Å². The third kappa shape index (κ3) is 68.0. The van der Waals surface area contributed by atoms with Gasteiger partial charge >= 0.3 is 17.9 Å². The van der Waals surface area contributed by atoms with Gasteiger partial charge in [-0.05, 0) is 83.5 Å². The number of carbonyl (C=O) groups is 3. The Balaban J connectivity index is 4.23. The number of esters is 3. The van der Waals surface area contributed by atoms with Crippen molar-refractivity contribution in [1.29, 1.82) is 0 Å². The number of allylic oxidation sites excluding steroid dienone is 8. The molecule has 0 saturated carbocycles. The third-order valence-electron chi connectivity index (χ3n) is 16.3. The van der Waals surface area contributed by atoms with Gasteiger partial charge in [0.05, 0.1) is 0 Å². The van der Waals surface area contributed by atoms with Crippen molar-refractivity contribution in [3.63, 3.8) is 0 Å². The number of unbranched alkanes of at least 4 members (excludes halogenated alkanes) is 48. The minimum absolute atomic E-state index is 0.0735. The summed E-state index contributed by atoms with van der Waals surface area (Å²) in [6.07, 6.45) is 88.6. The Morgan fingerprint density at radius 1 is 0.247 bits per heavy atom. The van der Waals surface area contributed by atoms with Crippen molar-refractivity contribution in [2.45, 2.75) is 399 Å². The van der Waals surface area contributed by atoms with Gasteiger partial charge in [-0.3, -0.25) is 14.4 Å². The van der Waals surface area contributed by atoms with Gasteiger partial charge in [0.15, 0.2) is 6.10 Å². The molecule has 6 nitrogen and oxygen atoms in total. The van der Waals surface area contributed by atoms with E-state index in [1.54, 1.807) is 0 Å². The van der Waals surface area contributed by atoms with Crippen LogP contribution in [0.3, 0.4) is 0 Å². The average Bonchev–Trinajstić information content (AvgIpc) is 3.47. The Morgan fingerprint density at radius 2 is 0.444 bits per heavy atom. The molecular weight excluding hydrogens is 997 g/mol. The van der Waals surface area contributed by atoms with Gasteiger partial charge in [-0.1, -0.05) is 339 Å². The van der Waals surface area contributed by atoms with Crippen molar-refractivity contribution < 1.29 is 28.6 Å². The summed E-state index contributed by atoms with van der Waals surface area (Å²) < 4.78 is 17.0. The lowest BCUT2D eigenvalue weighted by Crippen LogP contribution is -2.30. The number of hydrogen-bond donors (Lipinski definition) is 0. The number of carbonyl (C=O) groups excluding carboxylic acids is 3. The summed E-state index contributed by atoms with van der Waals surface area (Å²) in [5.74, 6) is -0.858. The molecule has 1 unspecified atom stereocenters. The van der Waals surface area contributed by atoms with Gasteiger partial charge in [-0.2, -0.15) is 0 Å². The number of ether oxygens (including phenoxy) is 3. The molecule has 0 aromatic rings. The van der Waals surface area contributed by atoms with Gasteiger partial charge in [-0.15, -0.1) is 0 Å². The van der Waals surface area contributed by atoms with Crippen LogP contribution in [0.4, 0.5) is 0 Å². The van der Waals surface area contributed by atoms with Crippen LogP contribution in [0.25, 0.3) is 0 Å². The standard InChI is InChI=1S/C75H138O6/c1-4-7-10-13-16-19-22-25-28-30-32-33-34-35-36-37-38-39-40-41-43-44-47-50-53-56-59-62-65-68-74(77)80-71-72(70-79-73(76)67-64-61-58-55-52-49-46-27-24-21-18-15-12-9-6-3)81-75(78)69-66-63-60-57-54-51-48-45-42-31-29-26-23-20-17-14-11-8-5-2/h17,20,26,29-30,32,42,45,72H,4-16,18-19,21-25,27-28,31,33-41,43-44,46-71H2,1-3H3/b20-17-,29-26-,32-30-,45-42-. The van der Waals surface area contributed by atoms with Crippen LogP contribution in [0.2, 0.25) is 0 Å². The van der Waals surface area contributed by atoms with E-state index in [0.717, 1.165) is 77.0 Å². The van der Waals surface area contributed by atoms with E-state index in [1.165, 1.54) is 276 Å². The van der Waals surface area contributed by atoms with Gasteiger partial charge in [0, 0.05) is 19.3 Å². The summed E-state index contributed by atoms with van der Waals surface area (Å²) in [6, 6.07) is 0. The first kappa shape index (κ1) is 78.4. The SMILES string of the molecule is CCCCC/C=C\C/C=C\C/C=C\CCCCCCCCC(=O)OC(COC(=O)CCCCCCCCCCCCCCCCC)COC(=O)CCCCCCCCCCCCCCCCCCC/C=C\CCCCCCCCCC. The van der Waals surface area contributed by atoms with E-state index in [-0.39, 0.29) is 31.1 Å². The summed E-state index contributed by atoms with van der Waals surface area (Å²) in [5, 5.41) is 0. The molecule has 0 aromatic heterocycles. The molecule has 6 heteroatoms. The van der Waals surface area contributed by atoms with Gasteiger partial charge in [-0.25, -0.2) is 0 Å².